The number of nitrogens with zero attached hydrogens (tertiary/aromatic N) is 1. The Hall–Kier alpha value is -1.35. The average Bonchev–Trinajstić information content (AvgIpc) is 2.50. The molecule has 1 aliphatic heterocycles. The monoisotopic (exact) mass is 289 g/mol. The molecule has 0 spiro atoms. The van der Waals surface area contributed by atoms with E-state index in [2.05, 4.69) is 24.8 Å². The number of carbonyl (C=O) groups is 1. The zero-order chi connectivity index (χ0) is 15.2. The molecule has 0 bridgehead atoms. The second-order valence-corrected chi connectivity index (χ2v) is 6.20. The number of benzene rings is 1. The van der Waals surface area contributed by atoms with Crippen LogP contribution in [0.1, 0.15) is 56.6 Å². The third kappa shape index (κ3) is 4.07. The third-order valence-corrected chi connectivity index (χ3v) is 4.62. The highest BCUT2D eigenvalue weighted by Gasteiger charge is 2.30. The van der Waals surface area contributed by atoms with Crippen LogP contribution in [0.25, 0.3) is 0 Å². The van der Waals surface area contributed by atoms with Crippen LogP contribution >= 0.6 is 0 Å². The molecule has 1 N–H and O–H groups in total. The van der Waals surface area contributed by atoms with Crippen LogP contribution in [-0.4, -0.2) is 29.1 Å². The average molecular weight is 289 g/mol. The van der Waals surface area contributed by atoms with Gasteiger partial charge in [-0.1, -0.05) is 57.4 Å². The summed E-state index contributed by atoms with van der Waals surface area (Å²) in [5, 5.41) is 9.51. The molecule has 1 aromatic rings. The van der Waals surface area contributed by atoms with Gasteiger partial charge in [-0.15, -0.1) is 0 Å². The van der Waals surface area contributed by atoms with Crippen LogP contribution < -0.4 is 0 Å². The maximum Gasteiger partial charge on any atom is 0.312 e. The smallest absolute Gasteiger partial charge is 0.312 e. The number of rotatable bonds is 7. The number of carboxylic acid groups (broad SMARTS) is 1. The summed E-state index contributed by atoms with van der Waals surface area (Å²) in [6.07, 6.45) is 4.93. The van der Waals surface area contributed by atoms with Gasteiger partial charge in [0, 0.05) is 19.6 Å². The molecule has 0 aromatic heterocycles. The van der Waals surface area contributed by atoms with Crippen LogP contribution in [0.2, 0.25) is 0 Å². The fraction of sp³-hybridized carbons (Fsp3) is 0.611. The van der Waals surface area contributed by atoms with Gasteiger partial charge in [-0.3, -0.25) is 9.69 Å². The minimum Gasteiger partial charge on any atom is -0.481 e. The summed E-state index contributed by atoms with van der Waals surface area (Å²) < 4.78 is 0. The molecular weight excluding hydrogens is 262 g/mol. The third-order valence-electron chi connectivity index (χ3n) is 4.62. The highest BCUT2D eigenvalue weighted by atomic mass is 16.4. The molecule has 0 aliphatic carbocycles. The van der Waals surface area contributed by atoms with E-state index in [0.29, 0.717) is 12.5 Å². The maximum absolute atomic E-state index is 11.6. The summed E-state index contributed by atoms with van der Waals surface area (Å²) in [6.45, 7) is 7.03. The molecule has 116 valence electrons. The molecular formula is C18H27NO2. The molecule has 0 saturated heterocycles. The summed E-state index contributed by atoms with van der Waals surface area (Å²) in [4.78, 5) is 13.9. The molecule has 0 fully saturated rings. The minimum absolute atomic E-state index is 0.376. The van der Waals surface area contributed by atoms with Gasteiger partial charge in [0.2, 0.25) is 0 Å². The number of hydrogen-bond donors (Lipinski definition) is 1. The van der Waals surface area contributed by atoms with Gasteiger partial charge in [-0.2, -0.15) is 0 Å². The second-order valence-electron chi connectivity index (χ2n) is 6.20. The Bertz CT molecular complexity index is 472. The Morgan fingerprint density at radius 1 is 1.38 bits per heavy atom. The normalized spacial score (nSPS) is 20.0. The standard InChI is InChI=1S/C18H27NO2/c1-3-5-8-14(4-2)11-19-12-15-9-6-7-10-16(15)17(13-19)18(20)21/h6-7,9-10,14,17H,3-5,8,11-13H2,1-2H3,(H,20,21). The van der Waals surface area contributed by atoms with Crippen molar-refractivity contribution in [1.82, 2.24) is 4.90 Å². The SMILES string of the molecule is CCCCC(CC)CN1Cc2ccccc2C(C(=O)O)C1. The fourth-order valence-electron chi connectivity index (χ4n) is 3.31. The van der Waals surface area contributed by atoms with Gasteiger partial charge in [0.1, 0.15) is 0 Å². The van der Waals surface area contributed by atoms with Crippen molar-refractivity contribution in [3.05, 3.63) is 35.4 Å². The first-order chi connectivity index (χ1) is 10.2. The van der Waals surface area contributed by atoms with Crippen LogP contribution in [0.5, 0.6) is 0 Å². The summed E-state index contributed by atoms with van der Waals surface area (Å²) in [5.41, 5.74) is 2.18. The Morgan fingerprint density at radius 2 is 2.14 bits per heavy atom. The van der Waals surface area contributed by atoms with Gasteiger partial charge in [-0.25, -0.2) is 0 Å². The molecule has 2 rings (SSSR count). The van der Waals surface area contributed by atoms with Crippen molar-refractivity contribution in [3.63, 3.8) is 0 Å². The first kappa shape index (κ1) is 16.0. The van der Waals surface area contributed by atoms with E-state index in [1.807, 2.05) is 18.2 Å². The van der Waals surface area contributed by atoms with Crippen LogP contribution in [-0.2, 0) is 11.3 Å². The lowest BCUT2D eigenvalue weighted by atomic mass is 9.88. The lowest BCUT2D eigenvalue weighted by Gasteiger charge is -2.35. The molecule has 1 aliphatic rings. The van der Waals surface area contributed by atoms with Crippen molar-refractivity contribution >= 4 is 5.97 Å². The first-order valence-corrected chi connectivity index (χ1v) is 8.18. The summed E-state index contributed by atoms with van der Waals surface area (Å²) in [6, 6.07) is 8.00. The van der Waals surface area contributed by atoms with Gasteiger partial charge >= 0.3 is 5.97 Å². The van der Waals surface area contributed by atoms with Crippen LogP contribution in [0.4, 0.5) is 0 Å². The largest absolute Gasteiger partial charge is 0.481 e. The van der Waals surface area contributed by atoms with E-state index in [-0.39, 0.29) is 5.92 Å². The number of unbranched alkanes of at least 4 members (excludes halogenated alkanes) is 1. The van der Waals surface area contributed by atoms with E-state index in [9.17, 15) is 9.90 Å². The van der Waals surface area contributed by atoms with Crippen molar-refractivity contribution in [2.75, 3.05) is 13.1 Å². The molecule has 0 amide bonds. The van der Waals surface area contributed by atoms with E-state index < -0.39 is 5.97 Å². The minimum atomic E-state index is -0.700. The lowest BCUT2D eigenvalue weighted by molar-refractivity contribution is -0.139. The maximum atomic E-state index is 11.6. The van der Waals surface area contributed by atoms with Gasteiger partial charge in [-0.05, 0) is 23.5 Å². The highest BCUT2D eigenvalue weighted by Crippen LogP contribution is 2.29. The molecule has 1 heterocycles. The molecule has 0 saturated carbocycles. The first-order valence-electron chi connectivity index (χ1n) is 8.18. The zero-order valence-corrected chi connectivity index (χ0v) is 13.2. The van der Waals surface area contributed by atoms with Crippen molar-refractivity contribution in [2.45, 2.75) is 52.0 Å². The summed E-state index contributed by atoms with van der Waals surface area (Å²) in [7, 11) is 0. The van der Waals surface area contributed by atoms with Gasteiger partial charge < -0.3 is 5.11 Å². The van der Waals surface area contributed by atoms with E-state index in [1.165, 1.54) is 31.2 Å². The Labute approximate surface area is 128 Å². The Kier molecular flexibility index (Phi) is 5.80. The quantitative estimate of drug-likeness (QED) is 0.828. The van der Waals surface area contributed by atoms with Crippen molar-refractivity contribution in [2.24, 2.45) is 5.92 Å². The van der Waals surface area contributed by atoms with Crippen molar-refractivity contribution in [3.8, 4) is 0 Å². The number of aliphatic carboxylic acids is 1. The predicted octanol–water partition coefficient (Wildman–Crippen LogP) is 3.89. The molecule has 3 heteroatoms. The molecule has 21 heavy (non-hydrogen) atoms. The number of carboxylic acids is 1. The van der Waals surface area contributed by atoms with E-state index in [0.717, 1.165) is 18.7 Å². The number of hydrogen-bond acceptors (Lipinski definition) is 2. The van der Waals surface area contributed by atoms with Crippen molar-refractivity contribution < 1.29 is 9.90 Å². The lowest BCUT2D eigenvalue weighted by Crippen LogP contribution is -2.39. The topological polar surface area (TPSA) is 40.5 Å². The zero-order valence-electron chi connectivity index (χ0n) is 13.2. The molecule has 2 unspecified atom stereocenters. The van der Waals surface area contributed by atoms with Gasteiger partial charge in [0.15, 0.2) is 0 Å². The molecule has 0 radical (unpaired) electrons. The van der Waals surface area contributed by atoms with Crippen LogP contribution in [0.3, 0.4) is 0 Å². The molecule has 1 aromatic carbocycles. The summed E-state index contributed by atoms with van der Waals surface area (Å²) in [5.74, 6) is -0.392. The molecule has 3 nitrogen and oxygen atoms in total. The predicted molar refractivity (Wildman–Crippen MR) is 85.4 cm³/mol. The Balaban J connectivity index is 2.08. The summed E-state index contributed by atoms with van der Waals surface area (Å²) >= 11 is 0. The second kappa shape index (κ2) is 7.60. The van der Waals surface area contributed by atoms with E-state index in [4.69, 9.17) is 0 Å². The van der Waals surface area contributed by atoms with Gasteiger partial charge in [0.05, 0.1) is 5.92 Å². The van der Waals surface area contributed by atoms with Gasteiger partial charge in [0.25, 0.3) is 0 Å². The fourth-order valence-corrected chi connectivity index (χ4v) is 3.31. The van der Waals surface area contributed by atoms with E-state index >= 15 is 0 Å². The van der Waals surface area contributed by atoms with E-state index in [1.54, 1.807) is 0 Å². The Morgan fingerprint density at radius 3 is 2.81 bits per heavy atom. The molecule has 2 atom stereocenters. The highest BCUT2D eigenvalue weighted by molar-refractivity contribution is 5.77. The number of fused-ring (bicyclic) bond motifs is 1. The van der Waals surface area contributed by atoms with Crippen LogP contribution in [0.15, 0.2) is 24.3 Å². The van der Waals surface area contributed by atoms with Crippen LogP contribution in [0, 0.1) is 5.92 Å². The van der Waals surface area contributed by atoms with Crippen molar-refractivity contribution in [1.29, 1.82) is 0 Å².